The second-order valence-corrected chi connectivity index (χ2v) is 6.40. The minimum absolute atomic E-state index is 0.324. The molecule has 112 valence electrons. The van der Waals surface area contributed by atoms with E-state index in [1.54, 1.807) is 11.3 Å². The van der Waals surface area contributed by atoms with Crippen molar-refractivity contribution >= 4 is 11.3 Å². The number of hydrogen-bond acceptors (Lipinski definition) is 4. The molecule has 0 spiro atoms. The maximum atomic E-state index is 5.75. The Labute approximate surface area is 130 Å². The van der Waals surface area contributed by atoms with Crippen LogP contribution in [0.1, 0.15) is 54.9 Å². The second kappa shape index (κ2) is 6.58. The lowest BCUT2D eigenvalue weighted by Crippen LogP contribution is -2.20. The zero-order valence-corrected chi connectivity index (χ0v) is 13.5. The predicted octanol–water partition coefficient (Wildman–Crippen LogP) is 4.12. The third kappa shape index (κ3) is 3.11. The number of thiazole rings is 1. The molecular formula is C17H22N2OS. The summed E-state index contributed by atoms with van der Waals surface area (Å²) in [4.78, 5) is 4.89. The van der Waals surface area contributed by atoms with E-state index in [1.807, 2.05) is 6.07 Å². The third-order valence-electron chi connectivity index (χ3n) is 3.94. The molecule has 1 aliphatic heterocycles. The molecule has 21 heavy (non-hydrogen) atoms. The predicted molar refractivity (Wildman–Crippen MR) is 87.2 cm³/mol. The summed E-state index contributed by atoms with van der Waals surface area (Å²) in [5.41, 5.74) is 2.44. The van der Waals surface area contributed by atoms with Gasteiger partial charge in [-0.3, -0.25) is 0 Å². The van der Waals surface area contributed by atoms with E-state index in [4.69, 9.17) is 9.72 Å². The Morgan fingerprint density at radius 3 is 3.14 bits per heavy atom. The molecule has 0 radical (unpaired) electrons. The highest BCUT2D eigenvalue weighted by molar-refractivity contribution is 7.09. The maximum Gasteiger partial charge on any atom is 0.123 e. The first-order chi connectivity index (χ1) is 10.3. The summed E-state index contributed by atoms with van der Waals surface area (Å²) >= 11 is 1.77. The maximum absolute atomic E-state index is 5.75. The van der Waals surface area contributed by atoms with Crippen molar-refractivity contribution in [2.24, 2.45) is 0 Å². The lowest BCUT2D eigenvalue weighted by Gasteiger charge is -2.24. The number of fused-ring (bicyclic) bond motifs is 1. The lowest BCUT2D eigenvalue weighted by atomic mass is 9.94. The van der Waals surface area contributed by atoms with E-state index in [-0.39, 0.29) is 0 Å². The summed E-state index contributed by atoms with van der Waals surface area (Å²) in [6.07, 6.45) is 2.16. The van der Waals surface area contributed by atoms with Gasteiger partial charge in [0.2, 0.25) is 0 Å². The first kappa shape index (κ1) is 14.5. The molecule has 1 aliphatic rings. The van der Waals surface area contributed by atoms with Crippen LogP contribution in [0.25, 0.3) is 0 Å². The highest BCUT2D eigenvalue weighted by atomic mass is 32.1. The summed E-state index contributed by atoms with van der Waals surface area (Å²) in [6.45, 7) is 6.19. The van der Waals surface area contributed by atoms with Crippen molar-refractivity contribution < 1.29 is 4.74 Å². The van der Waals surface area contributed by atoms with Crippen molar-refractivity contribution in [1.82, 2.24) is 10.3 Å². The first-order valence-corrected chi connectivity index (χ1v) is 8.58. The molecule has 3 rings (SSSR count). The van der Waals surface area contributed by atoms with E-state index in [0.717, 1.165) is 37.4 Å². The third-order valence-corrected chi connectivity index (χ3v) is 4.92. The average Bonchev–Trinajstić information content (AvgIpc) is 3.02. The minimum Gasteiger partial charge on any atom is -0.493 e. The van der Waals surface area contributed by atoms with E-state index in [0.29, 0.717) is 12.0 Å². The van der Waals surface area contributed by atoms with Crippen LogP contribution in [-0.2, 0) is 0 Å². The number of hydrogen-bond donors (Lipinski definition) is 1. The molecule has 3 nitrogen and oxygen atoms in total. The highest BCUT2D eigenvalue weighted by Crippen LogP contribution is 2.39. The number of aromatic nitrogens is 1. The molecule has 2 heterocycles. The quantitative estimate of drug-likeness (QED) is 0.902. The van der Waals surface area contributed by atoms with Gasteiger partial charge in [-0.15, -0.1) is 11.3 Å². The van der Waals surface area contributed by atoms with Crippen molar-refractivity contribution in [2.45, 2.75) is 38.6 Å². The van der Waals surface area contributed by atoms with Crippen LogP contribution in [0.4, 0.5) is 0 Å². The number of nitrogens with zero attached hydrogens (tertiary/aromatic N) is 1. The molecule has 0 fully saturated rings. The number of para-hydroxylation sites is 1. The largest absolute Gasteiger partial charge is 0.493 e. The topological polar surface area (TPSA) is 34.1 Å². The fourth-order valence-corrected chi connectivity index (χ4v) is 3.79. The van der Waals surface area contributed by atoms with Crippen LogP contribution in [0.3, 0.4) is 0 Å². The zero-order chi connectivity index (χ0) is 14.7. The van der Waals surface area contributed by atoms with E-state index < -0.39 is 0 Å². The molecule has 0 saturated carbocycles. The Morgan fingerprint density at radius 2 is 2.29 bits per heavy atom. The number of ether oxygens (including phenoxy) is 1. The molecular weight excluding hydrogens is 280 g/mol. The first-order valence-electron chi connectivity index (χ1n) is 7.70. The van der Waals surface area contributed by atoms with E-state index >= 15 is 0 Å². The Kier molecular flexibility index (Phi) is 4.56. The van der Waals surface area contributed by atoms with Crippen LogP contribution in [-0.4, -0.2) is 18.1 Å². The smallest absolute Gasteiger partial charge is 0.123 e. The zero-order valence-electron chi connectivity index (χ0n) is 12.6. The summed E-state index contributed by atoms with van der Waals surface area (Å²) in [6, 6.07) is 8.66. The fourth-order valence-electron chi connectivity index (χ4n) is 2.72. The summed E-state index contributed by atoms with van der Waals surface area (Å²) in [5, 5.41) is 6.91. The molecule has 0 amide bonds. The van der Waals surface area contributed by atoms with Gasteiger partial charge < -0.3 is 10.1 Å². The van der Waals surface area contributed by atoms with Gasteiger partial charge in [0, 0.05) is 22.9 Å². The van der Waals surface area contributed by atoms with Gasteiger partial charge in [0.05, 0.1) is 12.3 Å². The average molecular weight is 302 g/mol. The van der Waals surface area contributed by atoms with Crippen LogP contribution >= 0.6 is 11.3 Å². The standard InChI is InChI=1S/C17H22N2OS/c1-3-9-18-12(2)15-11-21-17(19-15)14-8-10-20-16-7-5-4-6-13(14)16/h4-7,11-12,14,18H,3,8-10H2,1-2H3. The van der Waals surface area contributed by atoms with E-state index in [1.165, 1.54) is 10.6 Å². The van der Waals surface area contributed by atoms with Gasteiger partial charge in [-0.25, -0.2) is 4.98 Å². The second-order valence-electron chi connectivity index (χ2n) is 5.51. The summed E-state index contributed by atoms with van der Waals surface area (Å²) < 4.78 is 5.75. The number of rotatable bonds is 5. The van der Waals surface area contributed by atoms with E-state index in [2.05, 4.69) is 42.7 Å². The van der Waals surface area contributed by atoms with Crippen LogP contribution in [0.15, 0.2) is 29.6 Å². The normalized spacial score (nSPS) is 18.9. The summed E-state index contributed by atoms with van der Waals surface area (Å²) in [5.74, 6) is 1.40. The molecule has 0 aliphatic carbocycles. The van der Waals surface area contributed by atoms with Crippen LogP contribution in [0, 0.1) is 0 Å². The van der Waals surface area contributed by atoms with Crippen LogP contribution < -0.4 is 10.1 Å². The van der Waals surface area contributed by atoms with Crippen LogP contribution in [0.5, 0.6) is 5.75 Å². The SMILES string of the molecule is CCCNC(C)c1csc(C2CCOc3ccccc32)n1. The van der Waals surface area contributed by atoms with E-state index in [9.17, 15) is 0 Å². The minimum atomic E-state index is 0.324. The van der Waals surface area contributed by atoms with Crippen molar-refractivity contribution in [3.63, 3.8) is 0 Å². The van der Waals surface area contributed by atoms with Gasteiger partial charge >= 0.3 is 0 Å². The number of nitrogens with one attached hydrogen (secondary N) is 1. The number of benzene rings is 1. The molecule has 2 atom stereocenters. The molecule has 4 heteroatoms. The van der Waals surface area contributed by atoms with Crippen molar-refractivity contribution in [1.29, 1.82) is 0 Å². The fraction of sp³-hybridized carbons (Fsp3) is 0.471. The van der Waals surface area contributed by atoms with Gasteiger partial charge in [-0.1, -0.05) is 25.1 Å². The lowest BCUT2D eigenvalue weighted by molar-refractivity contribution is 0.276. The van der Waals surface area contributed by atoms with Gasteiger partial charge in [-0.05, 0) is 32.4 Å². The molecule has 1 aromatic carbocycles. The van der Waals surface area contributed by atoms with Gasteiger partial charge in [-0.2, -0.15) is 0 Å². The Hall–Kier alpha value is -1.39. The molecule has 0 saturated heterocycles. The van der Waals surface area contributed by atoms with Crippen molar-refractivity contribution in [3.05, 3.63) is 45.9 Å². The Bertz CT molecular complexity index is 596. The molecule has 1 aromatic heterocycles. The van der Waals surface area contributed by atoms with Gasteiger partial charge in [0.25, 0.3) is 0 Å². The molecule has 1 N–H and O–H groups in total. The highest BCUT2D eigenvalue weighted by Gasteiger charge is 2.25. The molecule has 2 aromatic rings. The van der Waals surface area contributed by atoms with Gasteiger partial charge in [0.1, 0.15) is 10.8 Å². The molecule has 2 unspecified atom stereocenters. The Balaban J connectivity index is 1.81. The van der Waals surface area contributed by atoms with Crippen LogP contribution in [0.2, 0.25) is 0 Å². The Morgan fingerprint density at radius 1 is 1.43 bits per heavy atom. The monoisotopic (exact) mass is 302 g/mol. The summed E-state index contributed by atoms with van der Waals surface area (Å²) in [7, 11) is 0. The van der Waals surface area contributed by atoms with Crippen molar-refractivity contribution in [3.8, 4) is 5.75 Å². The van der Waals surface area contributed by atoms with Gasteiger partial charge in [0.15, 0.2) is 0 Å². The molecule has 0 bridgehead atoms. The van der Waals surface area contributed by atoms with Crippen molar-refractivity contribution in [2.75, 3.05) is 13.2 Å².